The van der Waals surface area contributed by atoms with E-state index in [0.717, 1.165) is 0 Å². The van der Waals surface area contributed by atoms with Gasteiger partial charge in [0.1, 0.15) is 5.82 Å². The molecule has 3 nitrogen and oxygen atoms in total. The number of halogens is 1. The molecule has 2 rings (SSSR count). The van der Waals surface area contributed by atoms with Crippen LogP contribution in [0.2, 0.25) is 0 Å². The van der Waals surface area contributed by atoms with Crippen LogP contribution in [0.5, 0.6) is 0 Å². The molecule has 86 valence electrons. The van der Waals surface area contributed by atoms with E-state index in [9.17, 15) is 14.0 Å². The predicted octanol–water partition coefficient (Wildman–Crippen LogP) is 2.81. The number of carbonyl (C=O) groups is 2. The number of allylic oxidation sites excluding steroid dienone is 1. The molecule has 0 atom stereocenters. The smallest absolute Gasteiger partial charge is 0.257 e. The highest BCUT2D eigenvalue weighted by atomic mass is 19.1. The predicted molar refractivity (Wildman–Crippen MR) is 62.7 cm³/mol. The van der Waals surface area contributed by atoms with E-state index in [1.54, 1.807) is 6.92 Å². The Morgan fingerprint density at radius 1 is 1.47 bits per heavy atom. The topological polar surface area (TPSA) is 39.1 Å². The molecule has 0 fully saturated rings. The molecule has 0 unspecified atom stereocenters. The van der Waals surface area contributed by atoms with Crippen LogP contribution < -0.4 is 0 Å². The normalized spacial score (nSPS) is 10.5. The van der Waals surface area contributed by atoms with Gasteiger partial charge in [-0.3, -0.25) is 14.2 Å². The third-order valence-corrected chi connectivity index (χ3v) is 2.51. The van der Waals surface area contributed by atoms with Gasteiger partial charge in [-0.15, -0.1) is 0 Å². The summed E-state index contributed by atoms with van der Waals surface area (Å²) >= 11 is 0. The molecule has 17 heavy (non-hydrogen) atoms. The molecule has 0 N–H and O–H groups in total. The number of nitrogens with zero attached hydrogens (tertiary/aromatic N) is 1. The SMILES string of the molecule is C=C(C)C(=O)n1cc(C=O)c2cc(F)ccc21. The number of benzene rings is 1. The number of aromatic nitrogens is 1. The van der Waals surface area contributed by atoms with E-state index in [2.05, 4.69) is 6.58 Å². The third kappa shape index (κ3) is 1.78. The average molecular weight is 231 g/mol. The second kappa shape index (κ2) is 3.97. The van der Waals surface area contributed by atoms with Crippen molar-refractivity contribution >= 4 is 23.1 Å². The molecule has 1 aromatic carbocycles. The van der Waals surface area contributed by atoms with Gasteiger partial charge in [-0.25, -0.2) is 4.39 Å². The summed E-state index contributed by atoms with van der Waals surface area (Å²) in [6.45, 7) is 5.14. The Balaban J connectivity index is 2.78. The maximum absolute atomic E-state index is 13.1. The minimum atomic E-state index is -0.443. The Hall–Kier alpha value is -2.23. The third-order valence-electron chi connectivity index (χ3n) is 2.51. The van der Waals surface area contributed by atoms with Crippen LogP contribution in [0, 0.1) is 5.82 Å². The lowest BCUT2D eigenvalue weighted by molar-refractivity contribution is 0.0960. The van der Waals surface area contributed by atoms with Gasteiger partial charge in [-0.1, -0.05) is 6.58 Å². The van der Waals surface area contributed by atoms with Gasteiger partial charge in [0.15, 0.2) is 6.29 Å². The summed E-state index contributed by atoms with van der Waals surface area (Å²) in [5, 5.41) is 0.426. The van der Waals surface area contributed by atoms with Crippen LogP contribution in [0.25, 0.3) is 10.9 Å². The molecule has 0 amide bonds. The van der Waals surface area contributed by atoms with Crippen LogP contribution in [-0.4, -0.2) is 16.8 Å². The van der Waals surface area contributed by atoms with E-state index in [-0.39, 0.29) is 11.5 Å². The fourth-order valence-corrected chi connectivity index (χ4v) is 1.70. The van der Waals surface area contributed by atoms with Crippen molar-refractivity contribution in [3.8, 4) is 0 Å². The van der Waals surface area contributed by atoms with E-state index >= 15 is 0 Å². The van der Waals surface area contributed by atoms with Gasteiger partial charge in [-0.2, -0.15) is 0 Å². The van der Waals surface area contributed by atoms with E-state index in [0.29, 0.717) is 22.8 Å². The van der Waals surface area contributed by atoms with Crippen molar-refractivity contribution in [1.82, 2.24) is 4.57 Å². The van der Waals surface area contributed by atoms with Crippen molar-refractivity contribution in [3.05, 3.63) is 47.9 Å². The first-order valence-corrected chi connectivity index (χ1v) is 5.00. The molecule has 0 bridgehead atoms. The first kappa shape index (κ1) is 11.3. The maximum atomic E-state index is 13.1. The van der Waals surface area contributed by atoms with E-state index in [1.807, 2.05) is 0 Å². The molecule has 0 aliphatic rings. The Kier molecular flexibility index (Phi) is 2.63. The van der Waals surface area contributed by atoms with Crippen molar-refractivity contribution in [2.45, 2.75) is 6.92 Å². The zero-order chi connectivity index (χ0) is 12.6. The van der Waals surface area contributed by atoms with Gasteiger partial charge < -0.3 is 0 Å². The molecular weight excluding hydrogens is 221 g/mol. The number of rotatable bonds is 2. The van der Waals surface area contributed by atoms with Crippen molar-refractivity contribution in [3.63, 3.8) is 0 Å². The fraction of sp³-hybridized carbons (Fsp3) is 0.0769. The largest absolute Gasteiger partial charge is 0.298 e. The van der Waals surface area contributed by atoms with E-state index < -0.39 is 5.82 Å². The van der Waals surface area contributed by atoms with Gasteiger partial charge in [0.2, 0.25) is 0 Å². The zero-order valence-corrected chi connectivity index (χ0v) is 9.24. The Morgan fingerprint density at radius 2 is 2.18 bits per heavy atom. The minimum absolute atomic E-state index is 0.286. The summed E-state index contributed by atoms with van der Waals surface area (Å²) in [6.07, 6.45) is 2.00. The average Bonchev–Trinajstić information content (AvgIpc) is 2.65. The van der Waals surface area contributed by atoms with Crippen LogP contribution >= 0.6 is 0 Å². The monoisotopic (exact) mass is 231 g/mol. The van der Waals surface area contributed by atoms with Gasteiger partial charge in [0.05, 0.1) is 5.52 Å². The molecule has 0 aliphatic heterocycles. The van der Waals surface area contributed by atoms with E-state index in [1.165, 1.54) is 29.0 Å². The van der Waals surface area contributed by atoms with Crippen molar-refractivity contribution in [1.29, 1.82) is 0 Å². The molecule has 0 saturated carbocycles. The number of fused-ring (bicyclic) bond motifs is 1. The van der Waals surface area contributed by atoms with Crippen molar-refractivity contribution in [2.24, 2.45) is 0 Å². The second-order valence-electron chi connectivity index (χ2n) is 3.82. The van der Waals surface area contributed by atoms with Crippen LogP contribution in [0.3, 0.4) is 0 Å². The van der Waals surface area contributed by atoms with Gasteiger partial charge in [0.25, 0.3) is 5.91 Å². The molecule has 0 aliphatic carbocycles. The molecule has 1 heterocycles. The molecule has 2 aromatic rings. The summed E-state index contributed by atoms with van der Waals surface area (Å²) in [6, 6.07) is 3.96. The minimum Gasteiger partial charge on any atom is -0.298 e. The number of aldehydes is 1. The lowest BCUT2D eigenvalue weighted by atomic mass is 10.2. The number of hydrogen-bond donors (Lipinski definition) is 0. The van der Waals surface area contributed by atoms with Gasteiger partial charge in [0, 0.05) is 22.7 Å². The molecule has 0 saturated heterocycles. The first-order chi connectivity index (χ1) is 8.04. The molecule has 1 aromatic heterocycles. The highest BCUT2D eigenvalue weighted by Crippen LogP contribution is 2.22. The molecule has 0 spiro atoms. The quantitative estimate of drug-likeness (QED) is 0.589. The van der Waals surface area contributed by atoms with Crippen molar-refractivity contribution in [2.75, 3.05) is 0 Å². The number of hydrogen-bond acceptors (Lipinski definition) is 2. The summed E-state index contributed by atoms with van der Waals surface area (Å²) in [5.74, 6) is -0.754. The summed E-state index contributed by atoms with van der Waals surface area (Å²) in [5.41, 5.74) is 1.14. The standard InChI is InChI=1S/C13H10FNO2/c1-8(2)13(17)15-6-9(7-16)11-5-10(14)3-4-12(11)15/h3-7H,1H2,2H3. The highest BCUT2D eigenvalue weighted by molar-refractivity contribution is 6.06. The first-order valence-electron chi connectivity index (χ1n) is 5.00. The summed E-state index contributed by atoms with van der Waals surface area (Å²) in [7, 11) is 0. The zero-order valence-electron chi connectivity index (χ0n) is 9.24. The molecule has 0 radical (unpaired) electrons. The summed E-state index contributed by atoms with van der Waals surface area (Å²) in [4.78, 5) is 22.7. The van der Waals surface area contributed by atoms with Crippen LogP contribution in [0.1, 0.15) is 22.1 Å². The van der Waals surface area contributed by atoms with Crippen LogP contribution in [0.15, 0.2) is 36.5 Å². The fourth-order valence-electron chi connectivity index (χ4n) is 1.70. The Labute approximate surface area is 97.2 Å². The highest BCUT2D eigenvalue weighted by Gasteiger charge is 2.14. The Morgan fingerprint density at radius 3 is 2.76 bits per heavy atom. The molecular formula is C13H10FNO2. The molecule has 4 heteroatoms. The number of carbonyl (C=O) groups excluding carboxylic acids is 2. The van der Waals surface area contributed by atoms with Crippen LogP contribution in [0.4, 0.5) is 4.39 Å². The van der Waals surface area contributed by atoms with Crippen molar-refractivity contribution < 1.29 is 14.0 Å². The summed E-state index contributed by atoms with van der Waals surface area (Å²) < 4.78 is 14.4. The second-order valence-corrected chi connectivity index (χ2v) is 3.82. The lowest BCUT2D eigenvalue weighted by Crippen LogP contribution is -2.09. The van der Waals surface area contributed by atoms with Gasteiger partial charge in [-0.05, 0) is 25.1 Å². The van der Waals surface area contributed by atoms with Gasteiger partial charge >= 0.3 is 0 Å². The lowest BCUT2D eigenvalue weighted by Gasteiger charge is -2.02. The maximum Gasteiger partial charge on any atom is 0.257 e. The van der Waals surface area contributed by atoms with Crippen LogP contribution in [-0.2, 0) is 0 Å². The van der Waals surface area contributed by atoms with E-state index in [4.69, 9.17) is 0 Å². The Bertz CT molecular complexity index is 640.